The molecule has 0 fully saturated rings. The van der Waals surface area contributed by atoms with E-state index >= 15 is 0 Å². The lowest BCUT2D eigenvalue weighted by Crippen LogP contribution is -2.18. The number of aromatic amines is 1. The van der Waals surface area contributed by atoms with E-state index in [0.717, 1.165) is 0 Å². The Morgan fingerprint density at radius 3 is 2.58 bits per heavy atom. The van der Waals surface area contributed by atoms with Crippen LogP contribution < -0.4 is 5.56 Å². The maximum Gasteiger partial charge on any atom is 0.261 e. The van der Waals surface area contributed by atoms with Crippen molar-refractivity contribution < 1.29 is 13.2 Å². The molecule has 0 saturated heterocycles. The number of H-pyrrole nitrogens is 1. The van der Waals surface area contributed by atoms with Crippen LogP contribution in [0.1, 0.15) is 12.1 Å². The summed E-state index contributed by atoms with van der Waals surface area (Å²) >= 11 is 0. The molecule has 1 aromatic carbocycles. The van der Waals surface area contributed by atoms with Gasteiger partial charge in [0.15, 0.2) is 0 Å². The summed E-state index contributed by atoms with van der Waals surface area (Å²) in [6.45, 7) is 0. The summed E-state index contributed by atoms with van der Waals surface area (Å²) in [5.41, 5.74) is -0.828. The highest BCUT2D eigenvalue weighted by Gasteiger charge is 2.24. The fourth-order valence-corrected chi connectivity index (χ4v) is 2.93. The monoisotopic (exact) mass is 356 g/mol. The molecule has 4 rings (SSSR count). The maximum atomic E-state index is 14.4. The standard InChI is InChI=1S/C18H11F3N4O/c19-11-7-12(20)14(13(21)8-11)15-16(10-5-3-1-2-4-6-10)25-18(22-9-23-25)24-17(15)26/h1-5,7-9H,6H2,(H,22,23,24,26). The SMILES string of the molecule is O=c1[nH]c2ncnn2c(C2=CC=CC=CC2)c1-c1c(F)cc(F)cc1F. The van der Waals surface area contributed by atoms with Crippen molar-refractivity contribution in [1.29, 1.82) is 0 Å². The molecular formula is C18H11F3N4O. The average molecular weight is 356 g/mol. The van der Waals surface area contributed by atoms with Gasteiger partial charge in [-0.15, -0.1) is 0 Å². The van der Waals surface area contributed by atoms with Gasteiger partial charge in [0.05, 0.1) is 16.8 Å². The Morgan fingerprint density at radius 2 is 1.81 bits per heavy atom. The Morgan fingerprint density at radius 1 is 1.04 bits per heavy atom. The van der Waals surface area contributed by atoms with E-state index in [-0.39, 0.29) is 17.0 Å². The highest BCUT2D eigenvalue weighted by atomic mass is 19.1. The summed E-state index contributed by atoms with van der Waals surface area (Å²) in [6.07, 6.45) is 10.5. The number of benzene rings is 1. The van der Waals surface area contributed by atoms with E-state index in [9.17, 15) is 18.0 Å². The highest BCUT2D eigenvalue weighted by molar-refractivity contribution is 5.81. The van der Waals surface area contributed by atoms with Crippen molar-refractivity contribution in [1.82, 2.24) is 19.6 Å². The minimum atomic E-state index is -1.17. The third-order valence-electron chi connectivity index (χ3n) is 4.00. The van der Waals surface area contributed by atoms with E-state index in [4.69, 9.17) is 0 Å². The maximum absolute atomic E-state index is 14.4. The molecule has 0 spiro atoms. The highest BCUT2D eigenvalue weighted by Crippen LogP contribution is 2.32. The molecule has 2 heterocycles. The molecule has 0 unspecified atom stereocenters. The fourth-order valence-electron chi connectivity index (χ4n) is 2.93. The van der Waals surface area contributed by atoms with Gasteiger partial charge < -0.3 is 0 Å². The van der Waals surface area contributed by atoms with Crippen molar-refractivity contribution in [3.63, 3.8) is 0 Å². The molecule has 1 aliphatic rings. The molecule has 5 nitrogen and oxygen atoms in total. The predicted molar refractivity (Wildman–Crippen MR) is 89.8 cm³/mol. The van der Waals surface area contributed by atoms with Crippen LogP contribution >= 0.6 is 0 Å². The van der Waals surface area contributed by atoms with E-state index < -0.39 is 28.6 Å². The second-order valence-corrected chi connectivity index (χ2v) is 5.63. The molecule has 0 bridgehead atoms. The van der Waals surface area contributed by atoms with Crippen molar-refractivity contribution >= 4 is 11.4 Å². The van der Waals surface area contributed by atoms with Gasteiger partial charge in [-0.05, 0) is 12.0 Å². The predicted octanol–water partition coefficient (Wildman–Crippen LogP) is 3.40. The Kier molecular flexibility index (Phi) is 3.80. The normalized spacial score (nSPS) is 13.9. The van der Waals surface area contributed by atoms with Crippen molar-refractivity contribution in [3.8, 4) is 11.1 Å². The summed E-state index contributed by atoms with van der Waals surface area (Å²) < 4.78 is 43.4. The van der Waals surface area contributed by atoms with Gasteiger partial charge in [-0.3, -0.25) is 9.78 Å². The van der Waals surface area contributed by atoms with Gasteiger partial charge in [0.1, 0.15) is 23.8 Å². The summed E-state index contributed by atoms with van der Waals surface area (Å²) in [5, 5.41) is 4.06. The number of nitrogens with one attached hydrogen (secondary N) is 1. The minimum Gasteiger partial charge on any atom is -0.290 e. The van der Waals surface area contributed by atoms with Crippen molar-refractivity contribution in [3.05, 3.63) is 82.3 Å². The lowest BCUT2D eigenvalue weighted by Gasteiger charge is -2.14. The van der Waals surface area contributed by atoms with E-state index in [0.29, 0.717) is 24.1 Å². The van der Waals surface area contributed by atoms with Crippen LogP contribution in [-0.2, 0) is 0 Å². The van der Waals surface area contributed by atoms with Gasteiger partial charge in [-0.2, -0.15) is 14.6 Å². The van der Waals surface area contributed by atoms with Gasteiger partial charge in [0, 0.05) is 12.1 Å². The Hall–Kier alpha value is -3.42. The van der Waals surface area contributed by atoms with Crippen LogP contribution in [0.3, 0.4) is 0 Å². The molecule has 0 radical (unpaired) electrons. The number of aromatic nitrogens is 4. The van der Waals surface area contributed by atoms with E-state index in [1.165, 1.54) is 10.8 Å². The second kappa shape index (κ2) is 6.14. The molecule has 1 N–H and O–H groups in total. The zero-order valence-corrected chi connectivity index (χ0v) is 13.2. The van der Waals surface area contributed by atoms with Crippen molar-refractivity contribution in [2.75, 3.05) is 0 Å². The largest absolute Gasteiger partial charge is 0.290 e. The van der Waals surface area contributed by atoms with Gasteiger partial charge >= 0.3 is 0 Å². The molecule has 2 aromatic heterocycles. The first-order chi connectivity index (χ1) is 12.6. The van der Waals surface area contributed by atoms with Crippen LogP contribution in [0, 0.1) is 17.5 Å². The molecule has 3 aromatic rings. The Balaban J connectivity index is 2.14. The van der Waals surface area contributed by atoms with Gasteiger partial charge in [0.25, 0.3) is 5.56 Å². The van der Waals surface area contributed by atoms with Crippen molar-refractivity contribution in [2.24, 2.45) is 0 Å². The average Bonchev–Trinajstić information content (AvgIpc) is 2.87. The Bertz CT molecular complexity index is 1150. The van der Waals surface area contributed by atoms with E-state index in [1.807, 2.05) is 12.2 Å². The molecule has 1 aliphatic carbocycles. The number of hydrogen-bond donors (Lipinski definition) is 1. The first-order valence-corrected chi connectivity index (χ1v) is 7.70. The molecule has 0 saturated carbocycles. The molecule has 0 aliphatic heterocycles. The third kappa shape index (κ3) is 2.55. The van der Waals surface area contributed by atoms with Crippen LogP contribution in [0.4, 0.5) is 13.2 Å². The van der Waals surface area contributed by atoms with Crippen LogP contribution in [0.25, 0.3) is 22.5 Å². The first-order valence-electron chi connectivity index (χ1n) is 7.70. The summed E-state index contributed by atoms with van der Waals surface area (Å²) in [4.78, 5) is 19.0. The second-order valence-electron chi connectivity index (χ2n) is 5.63. The molecule has 0 atom stereocenters. The number of fused-ring (bicyclic) bond motifs is 1. The number of hydrogen-bond acceptors (Lipinski definition) is 3. The molecule has 26 heavy (non-hydrogen) atoms. The molecule has 8 heteroatoms. The van der Waals surface area contributed by atoms with Crippen LogP contribution in [-0.4, -0.2) is 19.6 Å². The molecule has 130 valence electrons. The molecular weight excluding hydrogens is 345 g/mol. The third-order valence-corrected chi connectivity index (χ3v) is 4.00. The molecule has 0 amide bonds. The lowest BCUT2D eigenvalue weighted by atomic mass is 9.97. The summed E-state index contributed by atoms with van der Waals surface area (Å²) in [6, 6.07) is 1.07. The number of halogens is 3. The van der Waals surface area contributed by atoms with E-state index in [2.05, 4.69) is 15.1 Å². The topological polar surface area (TPSA) is 63.0 Å². The van der Waals surface area contributed by atoms with Crippen molar-refractivity contribution in [2.45, 2.75) is 6.42 Å². The zero-order valence-electron chi connectivity index (χ0n) is 13.2. The number of allylic oxidation sites excluding steroid dienone is 6. The van der Waals surface area contributed by atoms with Crippen LogP contribution in [0.2, 0.25) is 0 Å². The van der Waals surface area contributed by atoms with Crippen LogP contribution in [0.15, 0.2) is 53.6 Å². The van der Waals surface area contributed by atoms with Gasteiger partial charge in [0.2, 0.25) is 5.78 Å². The van der Waals surface area contributed by atoms with Gasteiger partial charge in [-0.1, -0.05) is 30.4 Å². The summed E-state index contributed by atoms with van der Waals surface area (Å²) in [5.74, 6) is -3.28. The fraction of sp³-hybridized carbons (Fsp3) is 0.0556. The number of nitrogens with zero attached hydrogens (tertiary/aromatic N) is 3. The van der Waals surface area contributed by atoms with Crippen LogP contribution in [0.5, 0.6) is 0 Å². The van der Waals surface area contributed by atoms with E-state index in [1.54, 1.807) is 18.2 Å². The van der Waals surface area contributed by atoms with Gasteiger partial charge in [-0.25, -0.2) is 13.2 Å². The quantitative estimate of drug-likeness (QED) is 0.765. The number of rotatable bonds is 2. The lowest BCUT2D eigenvalue weighted by molar-refractivity contribution is 0.547. The summed E-state index contributed by atoms with van der Waals surface area (Å²) in [7, 11) is 0. The smallest absolute Gasteiger partial charge is 0.261 e. The Labute approximate surface area is 144 Å². The zero-order chi connectivity index (χ0) is 18.3. The minimum absolute atomic E-state index is 0.134. The first kappa shape index (κ1) is 16.1.